The molecule has 90 valence electrons. The van der Waals surface area contributed by atoms with Crippen molar-refractivity contribution in [2.45, 2.75) is 64.7 Å². The van der Waals surface area contributed by atoms with Gasteiger partial charge in [0.1, 0.15) is 0 Å². The highest BCUT2D eigenvalue weighted by Crippen LogP contribution is 2.29. The average molecular weight is 219 g/mol. The van der Waals surface area contributed by atoms with Gasteiger partial charge in [-0.25, -0.2) is 0 Å². The van der Waals surface area contributed by atoms with Gasteiger partial charge in [0.05, 0.1) is 6.07 Å². The van der Waals surface area contributed by atoms with Crippen molar-refractivity contribution < 1.29 is 0 Å². The van der Waals surface area contributed by atoms with Crippen molar-refractivity contribution >= 4 is 0 Å². The zero-order chi connectivity index (χ0) is 11.8. The fraction of sp³-hybridized carbons (Fsp3) is 0.800. The molecule has 0 bridgehead atoms. The van der Waals surface area contributed by atoms with E-state index in [1.807, 2.05) is 6.92 Å². The van der Waals surface area contributed by atoms with Crippen LogP contribution in [0.2, 0.25) is 0 Å². The number of allylic oxidation sites excluding steroid dienone is 1. The molecule has 0 aromatic rings. The summed E-state index contributed by atoms with van der Waals surface area (Å²) in [6, 6.07) is 2.36. The van der Waals surface area contributed by atoms with Crippen LogP contribution in [-0.4, -0.2) is 0 Å². The summed E-state index contributed by atoms with van der Waals surface area (Å²) in [6.07, 6.45) is 11.6. The molecule has 1 saturated carbocycles. The van der Waals surface area contributed by atoms with Crippen molar-refractivity contribution in [2.24, 2.45) is 11.8 Å². The maximum atomic E-state index is 8.90. The lowest BCUT2D eigenvalue weighted by molar-refractivity contribution is 0.415. The normalized spacial score (nSPS) is 25.8. The second-order valence-corrected chi connectivity index (χ2v) is 5.28. The average Bonchev–Trinajstić information content (AvgIpc) is 2.30. The molecule has 1 rings (SSSR count). The van der Waals surface area contributed by atoms with Crippen molar-refractivity contribution in [1.29, 1.82) is 5.26 Å². The standard InChI is InChI=1S/C15H25N/c1-13(12-16)11-15-10-8-6-4-3-5-7-9-14(15)2/h13,15H,2-11H2,1H3. The molecule has 1 aliphatic carbocycles. The van der Waals surface area contributed by atoms with Gasteiger partial charge in [-0.2, -0.15) is 5.26 Å². The molecule has 0 aromatic heterocycles. The number of nitrogens with zero attached hydrogens (tertiary/aromatic N) is 1. The van der Waals surface area contributed by atoms with E-state index < -0.39 is 0 Å². The molecule has 0 spiro atoms. The van der Waals surface area contributed by atoms with Gasteiger partial charge in [0.25, 0.3) is 0 Å². The quantitative estimate of drug-likeness (QED) is 0.609. The first-order valence-corrected chi connectivity index (χ1v) is 6.81. The molecule has 1 aliphatic rings. The summed E-state index contributed by atoms with van der Waals surface area (Å²) < 4.78 is 0. The molecule has 16 heavy (non-hydrogen) atoms. The van der Waals surface area contributed by atoms with Crippen LogP contribution in [0.1, 0.15) is 64.7 Å². The van der Waals surface area contributed by atoms with Crippen LogP contribution in [0.15, 0.2) is 12.2 Å². The van der Waals surface area contributed by atoms with Gasteiger partial charge in [-0.05, 0) is 38.5 Å². The van der Waals surface area contributed by atoms with Gasteiger partial charge >= 0.3 is 0 Å². The predicted octanol–water partition coefficient (Wildman–Crippen LogP) is 4.84. The summed E-state index contributed by atoms with van der Waals surface area (Å²) in [4.78, 5) is 0. The first-order valence-electron chi connectivity index (χ1n) is 6.81. The van der Waals surface area contributed by atoms with E-state index in [1.165, 1.54) is 56.9 Å². The Kier molecular flexibility index (Phi) is 6.23. The maximum absolute atomic E-state index is 8.90. The summed E-state index contributed by atoms with van der Waals surface area (Å²) in [5, 5.41) is 8.90. The smallest absolute Gasteiger partial charge is 0.0653 e. The Morgan fingerprint density at radius 1 is 1.25 bits per heavy atom. The molecular weight excluding hydrogens is 194 g/mol. The van der Waals surface area contributed by atoms with Gasteiger partial charge in [0, 0.05) is 5.92 Å². The fourth-order valence-electron chi connectivity index (χ4n) is 2.62. The number of rotatable bonds is 2. The molecule has 0 radical (unpaired) electrons. The Bertz CT molecular complexity index is 249. The van der Waals surface area contributed by atoms with Gasteiger partial charge in [-0.1, -0.05) is 44.3 Å². The van der Waals surface area contributed by atoms with Crippen molar-refractivity contribution in [3.8, 4) is 6.07 Å². The van der Waals surface area contributed by atoms with E-state index in [1.54, 1.807) is 0 Å². The molecule has 0 heterocycles. The summed E-state index contributed by atoms with van der Waals surface area (Å²) in [7, 11) is 0. The number of hydrogen-bond acceptors (Lipinski definition) is 1. The van der Waals surface area contributed by atoms with Crippen LogP contribution in [0.3, 0.4) is 0 Å². The van der Waals surface area contributed by atoms with E-state index in [4.69, 9.17) is 5.26 Å². The lowest BCUT2D eigenvalue weighted by Crippen LogP contribution is -2.09. The largest absolute Gasteiger partial charge is 0.198 e. The molecule has 2 unspecified atom stereocenters. The van der Waals surface area contributed by atoms with Crippen LogP contribution in [0.25, 0.3) is 0 Å². The van der Waals surface area contributed by atoms with Gasteiger partial charge in [-0.3, -0.25) is 0 Å². The third-order valence-corrected chi connectivity index (χ3v) is 3.74. The Labute approximate surface area is 101 Å². The first kappa shape index (κ1) is 13.3. The van der Waals surface area contributed by atoms with Gasteiger partial charge < -0.3 is 0 Å². The Morgan fingerprint density at radius 2 is 1.88 bits per heavy atom. The topological polar surface area (TPSA) is 23.8 Å². The monoisotopic (exact) mass is 219 g/mol. The minimum absolute atomic E-state index is 0.185. The van der Waals surface area contributed by atoms with Crippen molar-refractivity contribution in [2.75, 3.05) is 0 Å². The molecule has 1 heteroatoms. The van der Waals surface area contributed by atoms with Crippen LogP contribution in [-0.2, 0) is 0 Å². The Balaban J connectivity index is 2.47. The zero-order valence-corrected chi connectivity index (χ0v) is 10.7. The molecule has 0 aromatic carbocycles. The highest BCUT2D eigenvalue weighted by molar-refractivity contribution is 5.02. The van der Waals surface area contributed by atoms with Crippen molar-refractivity contribution in [3.05, 3.63) is 12.2 Å². The van der Waals surface area contributed by atoms with E-state index in [0.29, 0.717) is 5.92 Å². The molecule has 1 fully saturated rings. The minimum atomic E-state index is 0.185. The van der Waals surface area contributed by atoms with Crippen LogP contribution in [0, 0.1) is 23.2 Å². The molecular formula is C15H25N. The fourth-order valence-corrected chi connectivity index (χ4v) is 2.62. The van der Waals surface area contributed by atoms with E-state index in [0.717, 1.165) is 6.42 Å². The van der Waals surface area contributed by atoms with Crippen molar-refractivity contribution in [1.82, 2.24) is 0 Å². The van der Waals surface area contributed by atoms with Crippen LogP contribution in [0.5, 0.6) is 0 Å². The van der Waals surface area contributed by atoms with Gasteiger partial charge in [0.2, 0.25) is 0 Å². The summed E-state index contributed by atoms with van der Waals surface area (Å²) in [5.41, 5.74) is 1.41. The summed E-state index contributed by atoms with van der Waals surface area (Å²) in [5.74, 6) is 0.789. The highest BCUT2D eigenvalue weighted by atomic mass is 14.3. The van der Waals surface area contributed by atoms with E-state index >= 15 is 0 Å². The van der Waals surface area contributed by atoms with Crippen LogP contribution in [0.4, 0.5) is 0 Å². The van der Waals surface area contributed by atoms with E-state index in [-0.39, 0.29) is 5.92 Å². The third kappa shape index (κ3) is 4.84. The lowest BCUT2D eigenvalue weighted by Gasteiger charge is -2.22. The lowest BCUT2D eigenvalue weighted by atomic mass is 9.83. The molecule has 0 saturated heterocycles. The molecule has 0 amide bonds. The van der Waals surface area contributed by atoms with E-state index in [2.05, 4.69) is 12.6 Å². The highest BCUT2D eigenvalue weighted by Gasteiger charge is 2.16. The molecule has 2 atom stereocenters. The van der Waals surface area contributed by atoms with Crippen LogP contribution >= 0.6 is 0 Å². The Morgan fingerprint density at radius 3 is 2.56 bits per heavy atom. The van der Waals surface area contributed by atoms with E-state index in [9.17, 15) is 0 Å². The maximum Gasteiger partial charge on any atom is 0.0653 e. The molecule has 1 nitrogen and oxygen atoms in total. The van der Waals surface area contributed by atoms with Gasteiger partial charge in [-0.15, -0.1) is 0 Å². The van der Waals surface area contributed by atoms with Gasteiger partial charge in [0.15, 0.2) is 0 Å². The van der Waals surface area contributed by atoms with Crippen LogP contribution < -0.4 is 0 Å². The molecule has 0 N–H and O–H groups in total. The second kappa shape index (κ2) is 7.49. The summed E-state index contributed by atoms with van der Waals surface area (Å²) >= 11 is 0. The summed E-state index contributed by atoms with van der Waals surface area (Å²) in [6.45, 7) is 6.28. The minimum Gasteiger partial charge on any atom is -0.198 e. The third-order valence-electron chi connectivity index (χ3n) is 3.74. The number of nitriles is 1. The number of hydrogen-bond donors (Lipinski definition) is 0. The zero-order valence-electron chi connectivity index (χ0n) is 10.7. The van der Waals surface area contributed by atoms with Crippen molar-refractivity contribution in [3.63, 3.8) is 0 Å². The SMILES string of the molecule is C=C1CCCCCCCCC1CC(C)C#N. The molecule has 0 aliphatic heterocycles. The Hall–Kier alpha value is -0.770. The second-order valence-electron chi connectivity index (χ2n) is 5.28. The first-order chi connectivity index (χ1) is 7.74. The predicted molar refractivity (Wildman–Crippen MR) is 69.0 cm³/mol.